The number of benzene rings is 2. The third kappa shape index (κ3) is 5.00. The van der Waals surface area contributed by atoms with E-state index in [9.17, 15) is 18.5 Å². The molecule has 2 N–H and O–H groups in total. The van der Waals surface area contributed by atoms with Crippen LogP contribution >= 0.6 is 23.1 Å². The average molecular weight is 454 g/mol. The van der Waals surface area contributed by atoms with E-state index in [0.29, 0.717) is 15.2 Å². The molecule has 3 aromatic rings. The molecule has 0 aliphatic rings. The number of nitrogens with zero attached hydrogens (tertiary/aromatic N) is 3. The van der Waals surface area contributed by atoms with Crippen molar-refractivity contribution in [3.8, 4) is 5.75 Å². The van der Waals surface area contributed by atoms with Crippen LogP contribution in [0.25, 0.3) is 0 Å². The van der Waals surface area contributed by atoms with Crippen molar-refractivity contribution in [1.29, 1.82) is 0 Å². The molecule has 0 atom stereocenters. The molecule has 0 fully saturated rings. The Bertz CT molecular complexity index is 1150. The van der Waals surface area contributed by atoms with Crippen molar-refractivity contribution in [2.24, 2.45) is 0 Å². The summed E-state index contributed by atoms with van der Waals surface area (Å²) in [5.74, 6) is 0.682. The highest BCUT2D eigenvalue weighted by Crippen LogP contribution is 2.38. The Hall–Kier alpha value is -2.74. The van der Waals surface area contributed by atoms with Crippen LogP contribution in [0.2, 0.25) is 0 Å². The zero-order chi connectivity index (χ0) is 21.0. The van der Waals surface area contributed by atoms with Crippen molar-refractivity contribution in [2.45, 2.75) is 14.1 Å². The van der Waals surface area contributed by atoms with E-state index < -0.39 is 14.9 Å². The smallest absolute Gasteiger partial charge is 0.284 e. The van der Waals surface area contributed by atoms with Crippen LogP contribution in [0, 0.1) is 10.1 Å². The molecule has 0 aliphatic carbocycles. The van der Waals surface area contributed by atoms with Gasteiger partial charge in [-0.3, -0.25) is 10.1 Å². The second kappa shape index (κ2) is 8.73. The monoisotopic (exact) mass is 453 g/mol. The van der Waals surface area contributed by atoms with Crippen LogP contribution in [-0.4, -0.2) is 37.7 Å². The van der Waals surface area contributed by atoms with Gasteiger partial charge in [0.1, 0.15) is 5.75 Å². The van der Waals surface area contributed by atoms with Crippen molar-refractivity contribution in [3.63, 3.8) is 0 Å². The van der Waals surface area contributed by atoms with Crippen LogP contribution in [0.4, 0.5) is 16.5 Å². The first-order valence-corrected chi connectivity index (χ1v) is 11.1. The fourth-order valence-electron chi connectivity index (χ4n) is 2.23. The normalized spacial score (nSPS) is 11.2. The number of nitro benzene ring substituents is 1. The Morgan fingerprint density at radius 2 is 2.00 bits per heavy atom. The summed E-state index contributed by atoms with van der Waals surface area (Å²) in [5, 5.41) is 23.0. The third-order valence-electron chi connectivity index (χ3n) is 3.63. The minimum Gasteiger partial charge on any atom is -0.497 e. The second-order valence-corrected chi connectivity index (χ2v) is 9.58. The van der Waals surface area contributed by atoms with E-state index >= 15 is 0 Å². The van der Waals surface area contributed by atoms with Crippen molar-refractivity contribution < 1.29 is 18.1 Å². The molecule has 10 nitrogen and oxygen atoms in total. The average Bonchev–Trinajstić information content (AvgIpc) is 3.14. The Balaban J connectivity index is 1.82. The van der Waals surface area contributed by atoms with Gasteiger partial charge in [0.15, 0.2) is 4.34 Å². The summed E-state index contributed by atoms with van der Waals surface area (Å²) in [6.07, 6.45) is 0. The first kappa shape index (κ1) is 21.0. The largest absolute Gasteiger partial charge is 0.497 e. The molecule has 2 aromatic carbocycles. The number of rotatable bonds is 8. The highest BCUT2D eigenvalue weighted by Gasteiger charge is 2.22. The van der Waals surface area contributed by atoms with Crippen LogP contribution in [0.15, 0.2) is 56.6 Å². The fraction of sp³-hybridized carbons (Fsp3) is 0.125. The van der Waals surface area contributed by atoms with Crippen LogP contribution in [0.3, 0.4) is 0 Å². The van der Waals surface area contributed by atoms with Gasteiger partial charge in [-0.15, -0.1) is 10.2 Å². The lowest BCUT2D eigenvalue weighted by Crippen LogP contribution is -2.18. The van der Waals surface area contributed by atoms with E-state index in [2.05, 4.69) is 20.2 Å². The fourth-order valence-corrected chi connectivity index (χ4v) is 4.80. The van der Waals surface area contributed by atoms with Gasteiger partial charge >= 0.3 is 0 Å². The quantitative estimate of drug-likeness (QED) is 0.389. The zero-order valence-corrected chi connectivity index (χ0v) is 17.6. The maximum atomic E-state index is 11.9. The van der Waals surface area contributed by atoms with Crippen LogP contribution in [0.5, 0.6) is 5.75 Å². The molecule has 0 unspecified atom stereocenters. The summed E-state index contributed by atoms with van der Waals surface area (Å²) >= 11 is 2.24. The molecular formula is C16H15N5O5S3. The minimum absolute atomic E-state index is 0.186. The van der Waals surface area contributed by atoms with Gasteiger partial charge in [-0.05, 0) is 43.1 Å². The maximum absolute atomic E-state index is 11.9. The molecule has 0 amide bonds. The van der Waals surface area contributed by atoms with Gasteiger partial charge in [0, 0.05) is 17.8 Å². The lowest BCUT2D eigenvalue weighted by molar-refractivity contribution is -0.388. The van der Waals surface area contributed by atoms with Crippen LogP contribution < -0.4 is 14.8 Å². The molecule has 29 heavy (non-hydrogen) atoms. The summed E-state index contributed by atoms with van der Waals surface area (Å²) in [6.45, 7) is 0. The molecular weight excluding hydrogens is 438 g/mol. The number of aromatic nitrogens is 2. The van der Waals surface area contributed by atoms with E-state index in [4.69, 9.17) is 4.74 Å². The van der Waals surface area contributed by atoms with E-state index in [-0.39, 0.29) is 15.5 Å². The molecule has 0 radical (unpaired) electrons. The van der Waals surface area contributed by atoms with Gasteiger partial charge in [-0.25, -0.2) is 13.1 Å². The molecule has 0 saturated carbocycles. The highest BCUT2D eigenvalue weighted by atomic mass is 32.2. The van der Waals surface area contributed by atoms with Crippen molar-refractivity contribution in [1.82, 2.24) is 14.9 Å². The van der Waals surface area contributed by atoms with E-state index in [1.54, 1.807) is 13.2 Å². The maximum Gasteiger partial charge on any atom is 0.284 e. The summed E-state index contributed by atoms with van der Waals surface area (Å²) in [7, 11) is -0.983. The molecule has 152 valence electrons. The Labute approximate surface area is 174 Å². The van der Waals surface area contributed by atoms with Gasteiger partial charge in [0.05, 0.1) is 21.8 Å². The van der Waals surface area contributed by atoms with Crippen molar-refractivity contribution in [3.05, 3.63) is 52.6 Å². The third-order valence-corrected chi connectivity index (χ3v) is 7.00. The number of ether oxygens (including phenoxy) is 1. The first-order chi connectivity index (χ1) is 13.8. The van der Waals surface area contributed by atoms with E-state index in [1.807, 2.05) is 18.2 Å². The number of methoxy groups -OCH3 is 1. The number of sulfonamides is 1. The van der Waals surface area contributed by atoms with Gasteiger partial charge in [-0.2, -0.15) is 0 Å². The number of anilines is 2. The molecule has 3 rings (SSSR count). The zero-order valence-electron chi connectivity index (χ0n) is 15.1. The van der Waals surface area contributed by atoms with Gasteiger partial charge < -0.3 is 10.1 Å². The second-order valence-electron chi connectivity index (χ2n) is 5.43. The molecule has 1 aromatic heterocycles. The van der Waals surface area contributed by atoms with Crippen molar-refractivity contribution in [2.75, 3.05) is 19.5 Å². The number of hydrogen-bond donors (Lipinski definition) is 2. The van der Waals surface area contributed by atoms with Crippen molar-refractivity contribution >= 4 is 49.6 Å². The number of nitrogens with one attached hydrogen (secondary N) is 2. The molecule has 13 heteroatoms. The lowest BCUT2D eigenvalue weighted by Gasteiger charge is -2.05. The summed E-state index contributed by atoms with van der Waals surface area (Å²) in [5.41, 5.74) is 0.425. The molecule has 0 aliphatic heterocycles. The number of nitro groups is 1. The topological polar surface area (TPSA) is 136 Å². The molecule has 1 heterocycles. The minimum atomic E-state index is -3.79. The highest BCUT2D eigenvalue weighted by molar-refractivity contribution is 8.01. The van der Waals surface area contributed by atoms with Gasteiger partial charge in [0.25, 0.3) is 5.69 Å². The summed E-state index contributed by atoms with van der Waals surface area (Å²) in [4.78, 5) is 10.8. The van der Waals surface area contributed by atoms with E-state index in [0.717, 1.165) is 23.5 Å². The summed E-state index contributed by atoms with van der Waals surface area (Å²) in [6, 6.07) is 11.0. The van der Waals surface area contributed by atoms with E-state index in [1.165, 1.54) is 30.5 Å². The first-order valence-electron chi connectivity index (χ1n) is 7.97. The molecule has 0 saturated heterocycles. The lowest BCUT2D eigenvalue weighted by atomic mass is 10.3. The predicted molar refractivity (Wildman–Crippen MR) is 110 cm³/mol. The Kier molecular flexibility index (Phi) is 6.32. The van der Waals surface area contributed by atoms with Gasteiger partial charge in [0.2, 0.25) is 15.2 Å². The van der Waals surface area contributed by atoms with Crippen LogP contribution in [0.1, 0.15) is 0 Å². The van der Waals surface area contributed by atoms with Gasteiger partial charge in [-0.1, -0.05) is 17.4 Å². The Morgan fingerprint density at radius 1 is 1.21 bits per heavy atom. The Morgan fingerprint density at radius 3 is 2.69 bits per heavy atom. The molecule has 0 bridgehead atoms. The molecule has 0 spiro atoms. The summed E-state index contributed by atoms with van der Waals surface area (Å²) < 4.78 is 31.5. The number of hydrogen-bond acceptors (Lipinski definition) is 10. The van der Waals surface area contributed by atoms with Crippen LogP contribution in [-0.2, 0) is 10.0 Å². The standard InChI is InChI=1S/C16H15N5O5S3/c1-17-29(24,25)12-6-7-14(13(9-12)21(22)23)27-16-20-19-15(28-16)18-10-4-3-5-11(8-10)26-2/h3-9,17H,1-2H3,(H,18,19). The SMILES string of the molecule is CNS(=O)(=O)c1ccc(Sc2nnc(Nc3cccc(OC)c3)s2)c([N+](=O)[O-])c1. The predicted octanol–water partition coefficient (Wildman–Crippen LogP) is 3.26.